The van der Waals surface area contributed by atoms with E-state index >= 15 is 0 Å². The Labute approximate surface area is 83.1 Å². The fourth-order valence-corrected chi connectivity index (χ4v) is 0.856. The van der Waals surface area contributed by atoms with Gasteiger partial charge in [0.2, 0.25) is 0 Å². The van der Waals surface area contributed by atoms with Gasteiger partial charge in [-0.2, -0.15) is 0 Å². The molecule has 0 amide bonds. The minimum atomic E-state index is 0.322. The van der Waals surface area contributed by atoms with Crippen molar-refractivity contribution in [3.63, 3.8) is 0 Å². The predicted molar refractivity (Wildman–Crippen MR) is 56.2 cm³/mol. The lowest BCUT2D eigenvalue weighted by Crippen LogP contribution is -1.56. The fraction of sp³-hybridized carbons (Fsp3) is 0. The third-order valence-electron chi connectivity index (χ3n) is 1.51. The lowest BCUT2D eigenvalue weighted by Gasteiger charge is -1.82. The average molecular weight is 188 g/mol. The van der Waals surface area contributed by atoms with Crippen LogP contribution in [0.1, 0.15) is 0 Å². The Hall–Kier alpha value is -1.96. The zero-order valence-corrected chi connectivity index (χ0v) is 7.67. The van der Waals surface area contributed by atoms with Crippen molar-refractivity contribution < 1.29 is 10.2 Å². The maximum atomic E-state index is 8.63. The highest BCUT2D eigenvalue weighted by molar-refractivity contribution is 5.19. The normalized spacial score (nSPS) is 8.57. The first-order valence-electron chi connectivity index (χ1n) is 4.27. The summed E-state index contributed by atoms with van der Waals surface area (Å²) in [6, 6.07) is 17.4. The summed E-state index contributed by atoms with van der Waals surface area (Å²) in [6.07, 6.45) is 0. The quantitative estimate of drug-likeness (QED) is 0.667. The molecule has 0 saturated carbocycles. The Balaban J connectivity index is 0.000000140. The van der Waals surface area contributed by atoms with Gasteiger partial charge in [-0.15, -0.1) is 0 Å². The largest absolute Gasteiger partial charge is 0.508 e. The highest BCUT2D eigenvalue weighted by Gasteiger charge is 1.75. The molecule has 0 aromatic heterocycles. The van der Waals surface area contributed by atoms with Crippen LogP contribution in [0.15, 0.2) is 60.7 Å². The molecule has 2 N–H and O–H groups in total. The molecule has 0 spiro atoms. The molecule has 0 unspecified atom stereocenters. The van der Waals surface area contributed by atoms with Crippen molar-refractivity contribution in [2.45, 2.75) is 0 Å². The van der Waals surface area contributed by atoms with Gasteiger partial charge in [-0.3, -0.25) is 0 Å². The zero-order chi connectivity index (χ0) is 10.2. The molecule has 2 rings (SSSR count). The van der Waals surface area contributed by atoms with Gasteiger partial charge in [0.25, 0.3) is 0 Å². The maximum Gasteiger partial charge on any atom is 0.115 e. The maximum absolute atomic E-state index is 8.63. The number of para-hydroxylation sites is 2. The van der Waals surface area contributed by atoms with E-state index in [-0.39, 0.29) is 0 Å². The van der Waals surface area contributed by atoms with Crippen LogP contribution in [0, 0.1) is 0 Å². The molecular weight excluding hydrogens is 176 g/mol. The molecule has 0 radical (unpaired) electrons. The Morgan fingerprint density at radius 2 is 0.786 bits per heavy atom. The van der Waals surface area contributed by atoms with Crippen LogP contribution in [-0.2, 0) is 0 Å². The van der Waals surface area contributed by atoms with Gasteiger partial charge in [0.05, 0.1) is 0 Å². The van der Waals surface area contributed by atoms with Crippen LogP contribution in [0.5, 0.6) is 11.5 Å². The zero-order valence-electron chi connectivity index (χ0n) is 7.67. The molecule has 2 heteroatoms. The second-order valence-electron chi connectivity index (χ2n) is 2.67. The minimum absolute atomic E-state index is 0.322. The molecular formula is C12H12O2. The van der Waals surface area contributed by atoms with Crippen molar-refractivity contribution >= 4 is 0 Å². The van der Waals surface area contributed by atoms with E-state index in [9.17, 15) is 0 Å². The van der Waals surface area contributed by atoms with Crippen molar-refractivity contribution in [3.8, 4) is 11.5 Å². The Kier molecular flexibility index (Phi) is 4.08. The lowest BCUT2D eigenvalue weighted by molar-refractivity contribution is 0.475. The van der Waals surface area contributed by atoms with E-state index in [1.807, 2.05) is 12.1 Å². The summed E-state index contributed by atoms with van der Waals surface area (Å²) < 4.78 is 0. The van der Waals surface area contributed by atoms with Crippen LogP contribution in [0.3, 0.4) is 0 Å². The van der Waals surface area contributed by atoms with Crippen molar-refractivity contribution in [2.75, 3.05) is 0 Å². The second-order valence-corrected chi connectivity index (χ2v) is 2.67. The summed E-state index contributed by atoms with van der Waals surface area (Å²) >= 11 is 0. The first kappa shape index (κ1) is 10.1. The van der Waals surface area contributed by atoms with Crippen molar-refractivity contribution in [1.29, 1.82) is 0 Å². The molecule has 0 fully saturated rings. The van der Waals surface area contributed by atoms with Gasteiger partial charge in [-0.1, -0.05) is 36.4 Å². The van der Waals surface area contributed by atoms with E-state index in [4.69, 9.17) is 10.2 Å². The van der Waals surface area contributed by atoms with Gasteiger partial charge in [0.15, 0.2) is 0 Å². The Bertz CT molecular complexity index is 306. The summed E-state index contributed by atoms with van der Waals surface area (Å²) in [6.45, 7) is 0. The van der Waals surface area contributed by atoms with Gasteiger partial charge >= 0.3 is 0 Å². The summed E-state index contributed by atoms with van der Waals surface area (Å²) in [5.41, 5.74) is 0. The Morgan fingerprint density at radius 1 is 0.500 bits per heavy atom. The summed E-state index contributed by atoms with van der Waals surface area (Å²) in [5, 5.41) is 17.3. The summed E-state index contributed by atoms with van der Waals surface area (Å²) in [5.74, 6) is 0.644. The molecule has 2 aromatic rings. The predicted octanol–water partition coefficient (Wildman–Crippen LogP) is 2.78. The SMILES string of the molecule is Oc1ccccc1.Oc1ccccc1. The molecule has 0 heterocycles. The van der Waals surface area contributed by atoms with Gasteiger partial charge < -0.3 is 10.2 Å². The van der Waals surface area contributed by atoms with Crippen molar-refractivity contribution in [3.05, 3.63) is 60.7 Å². The number of aromatic hydroxyl groups is 2. The fourth-order valence-electron chi connectivity index (χ4n) is 0.856. The van der Waals surface area contributed by atoms with Gasteiger partial charge in [0, 0.05) is 0 Å². The highest BCUT2D eigenvalue weighted by Crippen LogP contribution is 2.03. The van der Waals surface area contributed by atoms with Crippen molar-refractivity contribution in [2.24, 2.45) is 0 Å². The molecule has 0 aliphatic carbocycles. The van der Waals surface area contributed by atoms with Gasteiger partial charge in [-0.05, 0) is 24.3 Å². The lowest BCUT2D eigenvalue weighted by atomic mass is 10.3. The minimum Gasteiger partial charge on any atom is -0.508 e. The number of hydrogen-bond acceptors (Lipinski definition) is 2. The van der Waals surface area contributed by atoms with E-state index in [1.165, 1.54) is 0 Å². The third-order valence-corrected chi connectivity index (χ3v) is 1.51. The van der Waals surface area contributed by atoms with E-state index < -0.39 is 0 Å². The van der Waals surface area contributed by atoms with E-state index in [0.717, 1.165) is 0 Å². The average Bonchev–Trinajstić information content (AvgIpc) is 2.21. The molecule has 2 nitrogen and oxygen atoms in total. The van der Waals surface area contributed by atoms with E-state index in [2.05, 4.69) is 0 Å². The standard InChI is InChI=1S/2C6H6O/c2*7-6-4-2-1-3-5-6/h2*1-5,7H. The van der Waals surface area contributed by atoms with Crippen molar-refractivity contribution in [1.82, 2.24) is 0 Å². The summed E-state index contributed by atoms with van der Waals surface area (Å²) in [4.78, 5) is 0. The van der Waals surface area contributed by atoms with Gasteiger partial charge in [-0.25, -0.2) is 0 Å². The number of hydrogen-bond donors (Lipinski definition) is 2. The number of phenols is 2. The van der Waals surface area contributed by atoms with E-state index in [0.29, 0.717) is 11.5 Å². The molecule has 72 valence electrons. The number of benzene rings is 2. The molecule has 14 heavy (non-hydrogen) atoms. The first-order valence-corrected chi connectivity index (χ1v) is 4.27. The number of rotatable bonds is 0. The molecule has 0 bridgehead atoms. The smallest absolute Gasteiger partial charge is 0.115 e. The topological polar surface area (TPSA) is 40.5 Å². The first-order chi connectivity index (χ1) is 6.79. The summed E-state index contributed by atoms with van der Waals surface area (Å²) in [7, 11) is 0. The third kappa shape index (κ3) is 4.16. The molecule has 0 atom stereocenters. The van der Waals surface area contributed by atoms with Crippen LogP contribution >= 0.6 is 0 Å². The number of phenolic OH excluding ortho intramolecular Hbond substituents is 2. The highest BCUT2D eigenvalue weighted by atomic mass is 16.3. The van der Waals surface area contributed by atoms with Crippen LogP contribution in [0.25, 0.3) is 0 Å². The second kappa shape index (κ2) is 5.65. The van der Waals surface area contributed by atoms with Crippen LogP contribution in [0.4, 0.5) is 0 Å². The van der Waals surface area contributed by atoms with E-state index in [1.54, 1.807) is 48.5 Å². The van der Waals surface area contributed by atoms with Crippen LogP contribution < -0.4 is 0 Å². The van der Waals surface area contributed by atoms with Crippen LogP contribution in [0.2, 0.25) is 0 Å². The molecule has 2 aromatic carbocycles. The van der Waals surface area contributed by atoms with Gasteiger partial charge in [0.1, 0.15) is 11.5 Å². The monoisotopic (exact) mass is 188 g/mol. The molecule has 0 aliphatic rings. The van der Waals surface area contributed by atoms with Crippen LogP contribution in [-0.4, -0.2) is 10.2 Å². The molecule has 0 saturated heterocycles. The molecule has 0 aliphatic heterocycles. The Morgan fingerprint density at radius 3 is 0.929 bits per heavy atom.